The van der Waals surface area contributed by atoms with Crippen LogP contribution in [0.3, 0.4) is 0 Å². The summed E-state index contributed by atoms with van der Waals surface area (Å²) in [5, 5.41) is -0.570. The van der Waals surface area contributed by atoms with Crippen molar-refractivity contribution in [2.75, 3.05) is 13.2 Å². The van der Waals surface area contributed by atoms with Crippen LogP contribution in [0, 0.1) is 5.82 Å². The molecule has 3 aromatic carbocycles. The normalized spacial score (nSPS) is 11.7. The summed E-state index contributed by atoms with van der Waals surface area (Å²) in [6.45, 7) is 6.10. The second-order valence-electron chi connectivity index (χ2n) is 8.30. The van der Waals surface area contributed by atoms with Crippen LogP contribution in [0.2, 0.25) is 0 Å². The zero-order chi connectivity index (χ0) is 25.2. The van der Waals surface area contributed by atoms with E-state index in [0.717, 1.165) is 52.6 Å². The first-order valence-electron chi connectivity index (χ1n) is 11.8. The maximum absolute atomic E-state index is 13.2. The number of aryl methyl sites for hydroxylation is 1. The fourth-order valence-electron chi connectivity index (χ4n) is 3.73. The molecule has 4 nitrogen and oxygen atoms in total. The molecule has 3 aromatic rings. The molecule has 184 valence electrons. The molecule has 0 fully saturated rings. The lowest BCUT2D eigenvalue weighted by molar-refractivity contribution is -0.117. The van der Waals surface area contributed by atoms with Crippen molar-refractivity contribution in [2.24, 2.45) is 0 Å². The van der Waals surface area contributed by atoms with Gasteiger partial charge in [-0.3, -0.25) is 9.59 Å². The first-order valence-corrected chi connectivity index (χ1v) is 12.7. The molecule has 6 heteroatoms. The van der Waals surface area contributed by atoms with Crippen LogP contribution in [0.4, 0.5) is 4.39 Å². The van der Waals surface area contributed by atoms with E-state index in [1.807, 2.05) is 36.4 Å². The molecule has 0 bridgehead atoms. The molecule has 0 aromatic heterocycles. The third kappa shape index (κ3) is 7.96. The topological polar surface area (TPSA) is 52.6 Å². The van der Waals surface area contributed by atoms with Gasteiger partial charge < -0.3 is 9.47 Å². The number of hydrogen-bond acceptors (Lipinski definition) is 5. The summed E-state index contributed by atoms with van der Waals surface area (Å²) in [5.74, 6) is 1.27. The van der Waals surface area contributed by atoms with Crippen molar-refractivity contribution < 1.29 is 23.5 Å². The minimum Gasteiger partial charge on any atom is -0.493 e. The first-order chi connectivity index (χ1) is 16.9. The molecule has 0 aliphatic heterocycles. The largest absolute Gasteiger partial charge is 0.493 e. The SMILES string of the molecule is CCCc1cc(-c2ccc(F)cc2)ccc1OCCCOc1ccc(C(SC(C)=O)C(C)=O)cc1. The number of halogens is 1. The number of carbonyl (C=O) groups excluding carboxylic acids is 2. The molecule has 3 rings (SSSR count). The van der Waals surface area contributed by atoms with Gasteiger partial charge in [-0.25, -0.2) is 4.39 Å². The van der Waals surface area contributed by atoms with E-state index in [0.29, 0.717) is 25.4 Å². The number of ether oxygens (including phenoxy) is 2. The average molecular weight is 495 g/mol. The summed E-state index contributed by atoms with van der Waals surface area (Å²) in [6.07, 6.45) is 2.61. The van der Waals surface area contributed by atoms with E-state index in [4.69, 9.17) is 9.47 Å². The molecule has 35 heavy (non-hydrogen) atoms. The average Bonchev–Trinajstić information content (AvgIpc) is 2.84. The van der Waals surface area contributed by atoms with E-state index in [1.54, 1.807) is 12.1 Å². The lowest BCUT2D eigenvalue weighted by Crippen LogP contribution is -2.08. The van der Waals surface area contributed by atoms with Crippen LogP contribution >= 0.6 is 11.8 Å². The van der Waals surface area contributed by atoms with Crippen molar-refractivity contribution in [1.82, 2.24) is 0 Å². The predicted molar refractivity (Wildman–Crippen MR) is 140 cm³/mol. The fraction of sp³-hybridized carbons (Fsp3) is 0.310. The minimum absolute atomic E-state index is 0.0517. The third-order valence-electron chi connectivity index (χ3n) is 5.41. The molecule has 0 N–H and O–H groups in total. The molecule has 0 saturated carbocycles. The molecule has 1 unspecified atom stereocenters. The van der Waals surface area contributed by atoms with Gasteiger partial charge in [-0.05, 0) is 72.0 Å². The van der Waals surface area contributed by atoms with Crippen molar-refractivity contribution >= 4 is 22.7 Å². The molecular formula is C29H31FO4S. The van der Waals surface area contributed by atoms with Crippen molar-refractivity contribution in [1.29, 1.82) is 0 Å². The Balaban J connectivity index is 1.51. The molecular weight excluding hydrogens is 463 g/mol. The summed E-state index contributed by atoms with van der Waals surface area (Å²) in [6, 6.07) is 19.9. The number of Topliss-reactive ketones (excluding diaryl/α,β-unsaturated/α-hetero) is 1. The summed E-state index contributed by atoms with van der Waals surface area (Å²) in [5.41, 5.74) is 3.95. The Labute approximate surface area is 210 Å². The van der Waals surface area contributed by atoms with Crippen LogP contribution in [0.25, 0.3) is 11.1 Å². The van der Waals surface area contributed by atoms with Crippen molar-refractivity contribution in [3.63, 3.8) is 0 Å². The number of thioether (sulfide) groups is 1. The van der Waals surface area contributed by atoms with Gasteiger partial charge in [-0.1, -0.05) is 55.4 Å². The molecule has 0 heterocycles. The molecule has 0 amide bonds. The molecule has 0 saturated heterocycles. The van der Waals surface area contributed by atoms with Crippen molar-refractivity contribution in [2.45, 2.75) is 45.3 Å². The van der Waals surface area contributed by atoms with Gasteiger partial charge in [0.2, 0.25) is 0 Å². The maximum atomic E-state index is 13.2. The Morgan fingerprint density at radius 2 is 1.54 bits per heavy atom. The zero-order valence-corrected chi connectivity index (χ0v) is 21.2. The number of carbonyl (C=O) groups is 2. The summed E-state index contributed by atoms with van der Waals surface area (Å²) < 4.78 is 25.1. The number of hydrogen-bond donors (Lipinski definition) is 0. The van der Waals surface area contributed by atoms with Gasteiger partial charge in [0.15, 0.2) is 5.12 Å². The minimum atomic E-state index is -0.485. The smallest absolute Gasteiger partial charge is 0.186 e. The van der Waals surface area contributed by atoms with Crippen LogP contribution in [-0.2, 0) is 16.0 Å². The van der Waals surface area contributed by atoms with Crippen LogP contribution in [0.15, 0.2) is 66.7 Å². The van der Waals surface area contributed by atoms with Gasteiger partial charge >= 0.3 is 0 Å². The monoisotopic (exact) mass is 494 g/mol. The number of rotatable bonds is 12. The quantitative estimate of drug-likeness (QED) is 0.249. The van der Waals surface area contributed by atoms with E-state index >= 15 is 0 Å². The van der Waals surface area contributed by atoms with Crippen molar-refractivity contribution in [3.8, 4) is 22.6 Å². The van der Waals surface area contributed by atoms with E-state index in [9.17, 15) is 14.0 Å². The van der Waals surface area contributed by atoms with E-state index in [-0.39, 0.29) is 16.7 Å². The number of ketones is 1. The van der Waals surface area contributed by atoms with Crippen LogP contribution in [0.5, 0.6) is 11.5 Å². The first kappa shape index (κ1) is 26.5. The maximum Gasteiger partial charge on any atom is 0.186 e. The highest BCUT2D eigenvalue weighted by atomic mass is 32.2. The van der Waals surface area contributed by atoms with E-state index in [1.165, 1.54) is 26.0 Å². The van der Waals surface area contributed by atoms with Gasteiger partial charge in [-0.15, -0.1) is 0 Å². The summed E-state index contributed by atoms with van der Waals surface area (Å²) in [4.78, 5) is 23.3. The van der Waals surface area contributed by atoms with Gasteiger partial charge in [0.1, 0.15) is 23.1 Å². The molecule has 0 aliphatic rings. The van der Waals surface area contributed by atoms with E-state index < -0.39 is 5.25 Å². The van der Waals surface area contributed by atoms with Gasteiger partial charge in [0.25, 0.3) is 0 Å². The molecule has 1 atom stereocenters. The number of benzene rings is 3. The Hall–Kier alpha value is -3.12. The Bertz CT molecular complexity index is 1130. The standard InChI is InChI=1S/C29H31FO4S/c1-4-6-25-19-24(22-7-12-26(30)13-8-22)11-16-28(25)34-18-5-17-33-27-14-9-23(10-15-27)29(20(2)31)35-21(3)32/h7-16,19,29H,4-6,17-18H2,1-3H3. The molecule has 0 aliphatic carbocycles. The van der Waals surface area contributed by atoms with Gasteiger partial charge in [0.05, 0.1) is 18.5 Å². The highest BCUT2D eigenvalue weighted by Gasteiger charge is 2.19. The van der Waals surface area contributed by atoms with Crippen LogP contribution in [0.1, 0.15) is 50.0 Å². The molecule has 0 radical (unpaired) electrons. The lowest BCUT2D eigenvalue weighted by atomic mass is 10.00. The van der Waals surface area contributed by atoms with Crippen LogP contribution in [-0.4, -0.2) is 24.1 Å². The Morgan fingerprint density at radius 1 is 0.886 bits per heavy atom. The predicted octanol–water partition coefficient (Wildman–Crippen LogP) is 7.20. The summed E-state index contributed by atoms with van der Waals surface area (Å²) >= 11 is 1.03. The highest BCUT2D eigenvalue weighted by Crippen LogP contribution is 2.31. The fourth-order valence-corrected chi connectivity index (χ4v) is 4.52. The zero-order valence-electron chi connectivity index (χ0n) is 20.4. The highest BCUT2D eigenvalue weighted by molar-refractivity contribution is 8.14. The Kier molecular flexibility index (Phi) is 9.91. The van der Waals surface area contributed by atoms with Crippen molar-refractivity contribution in [3.05, 3.63) is 83.7 Å². The second-order valence-corrected chi connectivity index (χ2v) is 9.58. The van der Waals surface area contributed by atoms with Gasteiger partial charge in [-0.2, -0.15) is 0 Å². The van der Waals surface area contributed by atoms with Gasteiger partial charge in [0, 0.05) is 13.3 Å². The Morgan fingerprint density at radius 3 is 2.17 bits per heavy atom. The lowest BCUT2D eigenvalue weighted by Gasteiger charge is -2.14. The van der Waals surface area contributed by atoms with E-state index in [2.05, 4.69) is 13.0 Å². The third-order valence-corrected chi connectivity index (χ3v) is 6.58. The molecule has 0 spiro atoms. The van der Waals surface area contributed by atoms with Crippen LogP contribution < -0.4 is 9.47 Å². The summed E-state index contributed by atoms with van der Waals surface area (Å²) in [7, 11) is 0. The second kappa shape index (κ2) is 13.1.